The first-order chi connectivity index (χ1) is 7.31. The molecule has 0 amide bonds. The minimum Gasteiger partial charge on any atom is -0.294 e. The standard InChI is InChI=1S/C13H14OS/c1-2-4-12(14)10-6-7-13-11(9-10)5-3-8-15-13/h2,6-7,9H,1,3-5,8H2. The Bertz CT molecular complexity index is 396. The van der Waals surface area contributed by atoms with E-state index in [0.29, 0.717) is 6.42 Å². The van der Waals surface area contributed by atoms with Crippen LogP contribution < -0.4 is 0 Å². The van der Waals surface area contributed by atoms with E-state index in [2.05, 4.69) is 12.6 Å². The lowest BCUT2D eigenvalue weighted by Crippen LogP contribution is -2.03. The summed E-state index contributed by atoms with van der Waals surface area (Å²) < 4.78 is 0. The maximum atomic E-state index is 11.7. The molecule has 0 saturated heterocycles. The molecule has 15 heavy (non-hydrogen) atoms. The second-order valence-corrected chi connectivity index (χ2v) is 4.83. The molecule has 0 fully saturated rings. The molecule has 1 aromatic rings. The van der Waals surface area contributed by atoms with Gasteiger partial charge in [0.25, 0.3) is 0 Å². The van der Waals surface area contributed by atoms with Crippen LogP contribution in [0.4, 0.5) is 0 Å². The van der Waals surface area contributed by atoms with Crippen LogP contribution in [-0.2, 0) is 6.42 Å². The molecule has 1 aliphatic heterocycles. The lowest BCUT2D eigenvalue weighted by atomic mass is 10.0. The molecule has 2 heteroatoms. The molecular weight excluding hydrogens is 204 g/mol. The van der Waals surface area contributed by atoms with Gasteiger partial charge in [-0.05, 0) is 36.3 Å². The summed E-state index contributed by atoms with van der Waals surface area (Å²) in [7, 11) is 0. The minimum atomic E-state index is 0.170. The van der Waals surface area contributed by atoms with Gasteiger partial charge in [0, 0.05) is 16.9 Å². The van der Waals surface area contributed by atoms with Gasteiger partial charge in [0.05, 0.1) is 0 Å². The summed E-state index contributed by atoms with van der Waals surface area (Å²) in [4.78, 5) is 13.0. The zero-order chi connectivity index (χ0) is 10.7. The SMILES string of the molecule is C=CCC(=O)c1ccc2c(c1)CCCS2. The van der Waals surface area contributed by atoms with Gasteiger partial charge in [0.1, 0.15) is 0 Å². The van der Waals surface area contributed by atoms with E-state index in [1.165, 1.54) is 22.6 Å². The second-order valence-electron chi connectivity index (χ2n) is 3.69. The third-order valence-corrected chi connectivity index (χ3v) is 3.76. The second kappa shape index (κ2) is 4.67. The maximum Gasteiger partial charge on any atom is 0.166 e. The van der Waals surface area contributed by atoms with E-state index < -0.39 is 0 Å². The van der Waals surface area contributed by atoms with Crippen LogP contribution in [-0.4, -0.2) is 11.5 Å². The molecule has 0 radical (unpaired) electrons. The number of carbonyl (C=O) groups excluding carboxylic acids is 1. The number of hydrogen-bond donors (Lipinski definition) is 0. The highest BCUT2D eigenvalue weighted by atomic mass is 32.2. The lowest BCUT2D eigenvalue weighted by Gasteiger charge is -2.15. The number of fused-ring (bicyclic) bond motifs is 1. The third-order valence-electron chi connectivity index (χ3n) is 2.56. The number of carbonyl (C=O) groups is 1. The van der Waals surface area contributed by atoms with Crippen molar-refractivity contribution in [2.45, 2.75) is 24.2 Å². The molecule has 0 aliphatic carbocycles. The highest BCUT2D eigenvalue weighted by molar-refractivity contribution is 7.99. The van der Waals surface area contributed by atoms with Crippen molar-refractivity contribution in [3.63, 3.8) is 0 Å². The van der Waals surface area contributed by atoms with Crippen molar-refractivity contribution in [2.75, 3.05) is 5.75 Å². The van der Waals surface area contributed by atoms with Gasteiger partial charge >= 0.3 is 0 Å². The number of ketones is 1. The van der Waals surface area contributed by atoms with Crippen LogP contribution in [0.3, 0.4) is 0 Å². The normalized spacial score (nSPS) is 14.4. The first-order valence-corrected chi connectivity index (χ1v) is 6.19. The molecule has 78 valence electrons. The average molecular weight is 218 g/mol. The van der Waals surface area contributed by atoms with Crippen LogP contribution >= 0.6 is 11.8 Å². The highest BCUT2D eigenvalue weighted by Gasteiger charge is 2.12. The Labute approximate surface area is 94.6 Å². The van der Waals surface area contributed by atoms with E-state index in [4.69, 9.17) is 0 Å². The first kappa shape index (κ1) is 10.5. The van der Waals surface area contributed by atoms with Gasteiger partial charge < -0.3 is 0 Å². The molecule has 0 unspecified atom stereocenters. The number of thioether (sulfide) groups is 1. The summed E-state index contributed by atoms with van der Waals surface area (Å²) in [5.41, 5.74) is 2.16. The first-order valence-electron chi connectivity index (χ1n) is 5.21. The number of rotatable bonds is 3. The fraction of sp³-hybridized carbons (Fsp3) is 0.308. The quantitative estimate of drug-likeness (QED) is 0.570. The predicted molar refractivity (Wildman–Crippen MR) is 64.6 cm³/mol. The summed E-state index contributed by atoms with van der Waals surface area (Å²) >= 11 is 1.89. The van der Waals surface area contributed by atoms with Gasteiger partial charge in [0.15, 0.2) is 5.78 Å². The van der Waals surface area contributed by atoms with Crippen LogP contribution in [0.1, 0.15) is 28.8 Å². The predicted octanol–water partition coefficient (Wildman–Crippen LogP) is 3.48. The van der Waals surface area contributed by atoms with E-state index in [1.54, 1.807) is 6.08 Å². The lowest BCUT2D eigenvalue weighted by molar-refractivity contribution is 0.0996. The topological polar surface area (TPSA) is 17.1 Å². The molecule has 0 aromatic heterocycles. The van der Waals surface area contributed by atoms with Gasteiger partial charge in [-0.3, -0.25) is 4.79 Å². The van der Waals surface area contributed by atoms with Gasteiger partial charge in [-0.1, -0.05) is 12.1 Å². The molecular formula is C13H14OS. The van der Waals surface area contributed by atoms with Crippen molar-refractivity contribution in [1.29, 1.82) is 0 Å². The Balaban J connectivity index is 2.27. The Hall–Kier alpha value is -1.02. The van der Waals surface area contributed by atoms with E-state index >= 15 is 0 Å². The van der Waals surface area contributed by atoms with Crippen LogP contribution in [0.2, 0.25) is 0 Å². The zero-order valence-corrected chi connectivity index (χ0v) is 9.48. The largest absolute Gasteiger partial charge is 0.294 e. The van der Waals surface area contributed by atoms with Crippen molar-refractivity contribution < 1.29 is 4.79 Å². The minimum absolute atomic E-state index is 0.170. The molecule has 1 aliphatic rings. The smallest absolute Gasteiger partial charge is 0.166 e. The Morgan fingerprint density at radius 1 is 1.53 bits per heavy atom. The third kappa shape index (κ3) is 2.32. The Morgan fingerprint density at radius 2 is 2.40 bits per heavy atom. The van der Waals surface area contributed by atoms with Gasteiger partial charge in [-0.15, -0.1) is 18.3 Å². The van der Waals surface area contributed by atoms with E-state index in [-0.39, 0.29) is 5.78 Å². The van der Waals surface area contributed by atoms with Crippen molar-refractivity contribution in [2.24, 2.45) is 0 Å². The van der Waals surface area contributed by atoms with E-state index in [1.807, 2.05) is 23.9 Å². The Morgan fingerprint density at radius 3 is 3.20 bits per heavy atom. The van der Waals surface area contributed by atoms with E-state index in [9.17, 15) is 4.79 Å². The number of benzene rings is 1. The number of aryl methyl sites for hydroxylation is 1. The van der Waals surface area contributed by atoms with Crippen molar-refractivity contribution in [1.82, 2.24) is 0 Å². The molecule has 1 aromatic carbocycles. The summed E-state index contributed by atoms with van der Waals surface area (Å²) in [6.45, 7) is 3.59. The van der Waals surface area contributed by atoms with Gasteiger partial charge in [-0.2, -0.15) is 0 Å². The van der Waals surface area contributed by atoms with E-state index in [0.717, 1.165) is 12.0 Å². The summed E-state index contributed by atoms with van der Waals surface area (Å²) in [6.07, 6.45) is 4.43. The van der Waals surface area contributed by atoms with Crippen molar-refractivity contribution >= 4 is 17.5 Å². The summed E-state index contributed by atoms with van der Waals surface area (Å²) in [5.74, 6) is 1.37. The average Bonchev–Trinajstić information content (AvgIpc) is 2.29. The van der Waals surface area contributed by atoms with Crippen molar-refractivity contribution in [3.05, 3.63) is 42.0 Å². The van der Waals surface area contributed by atoms with Crippen LogP contribution in [0.15, 0.2) is 35.7 Å². The maximum absolute atomic E-state index is 11.7. The fourth-order valence-electron chi connectivity index (χ4n) is 1.78. The van der Waals surface area contributed by atoms with Gasteiger partial charge in [-0.25, -0.2) is 0 Å². The molecule has 2 rings (SSSR count). The number of allylic oxidation sites excluding steroid dienone is 1. The van der Waals surface area contributed by atoms with Gasteiger partial charge in [0.2, 0.25) is 0 Å². The zero-order valence-electron chi connectivity index (χ0n) is 8.66. The molecule has 0 N–H and O–H groups in total. The monoisotopic (exact) mass is 218 g/mol. The van der Waals surface area contributed by atoms with Crippen LogP contribution in [0, 0.1) is 0 Å². The highest BCUT2D eigenvalue weighted by Crippen LogP contribution is 2.30. The van der Waals surface area contributed by atoms with Crippen molar-refractivity contribution in [3.8, 4) is 0 Å². The summed E-state index contributed by atoms with van der Waals surface area (Å²) in [6, 6.07) is 6.06. The summed E-state index contributed by atoms with van der Waals surface area (Å²) in [5, 5.41) is 0. The molecule has 0 spiro atoms. The molecule has 0 atom stereocenters. The van der Waals surface area contributed by atoms with Crippen LogP contribution in [0.5, 0.6) is 0 Å². The molecule has 1 heterocycles. The Kier molecular flexibility index (Phi) is 3.27. The number of hydrogen-bond acceptors (Lipinski definition) is 2. The molecule has 1 nitrogen and oxygen atoms in total. The molecule has 0 bridgehead atoms. The molecule has 0 saturated carbocycles. The fourth-order valence-corrected chi connectivity index (χ4v) is 2.80. The van der Waals surface area contributed by atoms with Crippen LogP contribution in [0.25, 0.3) is 0 Å². The number of Topliss-reactive ketones (excluding diaryl/α,β-unsaturated/α-hetero) is 1.